The molecule has 0 aliphatic carbocycles. The second-order valence-corrected chi connectivity index (χ2v) is 7.88. The van der Waals surface area contributed by atoms with Crippen LogP contribution in [0.25, 0.3) is 27.7 Å². The van der Waals surface area contributed by atoms with E-state index in [1.54, 1.807) is 66.4 Å². The van der Waals surface area contributed by atoms with Gasteiger partial charge < -0.3 is 14.0 Å². The van der Waals surface area contributed by atoms with Crippen LogP contribution in [0.2, 0.25) is 0 Å². The molecule has 35 heavy (non-hydrogen) atoms. The lowest BCUT2D eigenvalue weighted by Crippen LogP contribution is -2.25. The molecule has 1 atom stereocenters. The van der Waals surface area contributed by atoms with Crippen LogP contribution in [0, 0.1) is 5.82 Å². The van der Waals surface area contributed by atoms with Gasteiger partial charge in [0, 0.05) is 43.9 Å². The summed E-state index contributed by atoms with van der Waals surface area (Å²) in [5, 5.41) is 12.8. The number of aromatic nitrogens is 7. The third kappa shape index (κ3) is 4.47. The number of aryl methyl sites for hydroxylation is 1. The van der Waals surface area contributed by atoms with Gasteiger partial charge in [-0.3, -0.25) is 18.9 Å². The first-order valence-electron chi connectivity index (χ1n) is 10.6. The molecule has 0 aromatic carbocycles. The molecule has 5 heterocycles. The molecule has 182 valence electrons. The lowest BCUT2D eigenvalue weighted by atomic mass is 10.1. The quantitative estimate of drug-likeness (QED) is 0.317. The summed E-state index contributed by atoms with van der Waals surface area (Å²) in [4.78, 5) is 17.7. The number of halogens is 2. The molecule has 0 aliphatic heterocycles. The van der Waals surface area contributed by atoms with E-state index in [1.807, 2.05) is 6.92 Å². The van der Waals surface area contributed by atoms with Crippen molar-refractivity contribution < 1.29 is 13.9 Å². The number of nitrogens with zero attached hydrogens (tertiary/aromatic N) is 7. The van der Waals surface area contributed by atoms with Crippen LogP contribution < -0.4 is 10.3 Å². The minimum atomic E-state index is -0.534. The van der Waals surface area contributed by atoms with Crippen LogP contribution >= 0.6 is 12.4 Å². The number of hydrogen-bond donors (Lipinski definition) is 0. The SMILES string of the molecule is COCCOc1cnc2ccn(C(C)c3nnc4c(F)cc(-c5cnn(C)c5)cn34)c(=O)c2c1.Cl. The third-order valence-corrected chi connectivity index (χ3v) is 5.62. The fraction of sp³-hybridized carbons (Fsp3) is 0.261. The summed E-state index contributed by atoms with van der Waals surface area (Å²) in [7, 11) is 3.38. The number of methoxy groups -OCH3 is 1. The molecule has 0 bridgehead atoms. The van der Waals surface area contributed by atoms with Crippen LogP contribution in [-0.4, -0.2) is 54.3 Å². The summed E-state index contributed by atoms with van der Waals surface area (Å²) < 4.78 is 30.2. The van der Waals surface area contributed by atoms with Gasteiger partial charge in [0.1, 0.15) is 12.4 Å². The summed E-state index contributed by atoms with van der Waals surface area (Å²) in [5.41, 5.74) is 1.74. The normalized spacial score (nSPS) is 12.1. The summed E-state index contributed by atoms with van der Waals surface area (Å²) in [6.07, 6.45) is 8.41. The highest BCUT2D eigenvalue weighted by molar-refractivity contribution is 5.85. The van der Waals surface area contributed by atoms with Crippen molar-refractivity contribution in [1.82, 2.24) is 33.9 Å². The van der Waals surface area contributed by atoms with Crippen LogP contribution in [-0.2, 0) is 11.8 Å². The van der Waals surface area contributed by atoms with Gasteiger partial charge in [0.25, 0.3) is 5.56 Å². The van der Waals surface area contributed by atoms with E-state index in [9.17, 15) is 9.18 Å². The van der Waals surface area contributed by atoms with Gasteiger partial charge in [-0.1, -0.05) is 0 Å². The van der Waals surface area contributed by atoms with Crippen LogP contribution in [0.3, 0.4) is 0 Å². The van der Waals surface area contributed by atoms with E-state index in [4.69, 9.17) is 9.47 Å². The smallest absolute Gasteiger partial charge is 0.260 e. The highest BCUT2D eigenvalue weighted by atomic mass is 35.5. The van der Waals surface area contributed by atoms with Crippen molar-refractivity contribution >= 4 is 29.0 Å². The molecule has 5 rings (SSSR count). The second-order valence-electron chi connectivity index (χ2n) is 7.88. The fourth-order valence-corrected chi connectivity index (χ4v) is 3.85. The fourth-order valence-electron chi connectivity index (χ4n) is 3.85. The molecule has 10 nitrogen and oxygen atoms in total. The Labute approximate surface area is 205 Å². The summed E-state index contributed by atoms with van der Waals surface area (Å²) in [5.74, 6) is 0.380. The van der Waals surface area contributed by atoms with Gasteiger partial charge >= 0.3 is 0 Å². The lowest BCUT2D eigenvalue weighted by Gasteiger charge is -2.15. The predicted molar refractivity (Wildman–Crippen MR) is 130 cm³/mol. The number of fused-ring (bicyclic) bond motifs is 2. The Hall–Kier alpha value is -3.83. The lowest BCUT2D eigenvalue weighted by molar-refractivity contribution is 0.146. The number of rotatable bonds is 7. The molecule has 12 heteroatoms. The maximum atomic E-state index is 14.8. The van der Waals surface area contributed by atoms with Crippen molar-refractivity contribution in [2.45, 2.75) is 13.0 Å². The summed E-state index contributed by atoms with van der Waals surface area (Å²) in [6, 6.07) is 4.27. The van der Waals surface area contributed by atoms with Gasteiger partial charge in [-0.05, 0) is 25.1 Å². The van der Waals surface area contributed by atoms with Crippen molar-refractivity contribution in [1.29, 1.82) is 0 Å². The molecule has 0 fully saturated rings. The molecule has 0 saturated carbocycles. The molecule has 0 N–H and O–H groups in total. The van der Waals surface area contributed by atoms with Crippen LogP contribution in [0.5, 0.6) is 5.75 Å². The second kappa shape index (κ2) is 9.80. The number of ether oxygens (including phenoxy) is 2. The summed E-state index contributed by atoms with van der Waals surface area (Å²) in [6.45, 7) is 2.58. The zero-order valence-corrected chi connectivity index (χ0v) is 20.1. The molecule has 0 aliphatic rings. The molecule has 0 amide bonds. The van der Waals surface area contributed by atoms with E-state index in [1.165, 1.54) is 10.6 Å². The van der Waals surface area contributed by atoms with E-state index in [-0.39, 0.29) is 23.6 Å². The van der Waals surface area contributed by atoms with Crippen LogP contribution in [0.1, 0.15) is 18.8 Å². The highest BCUT2D eigenvalue weighted by Crippen LogP contribution is 2.25. The monoisotopic (exact) mass is 499 g/mol. The zero-order valence-electron chi connectivity index (χ0n) is 19.3. The average Bonchev–Trinajstić information content (AvgIpc) is 3.46. The number of hydrogen-bond acceptors (Lipinski definition) is 7. The van der Waals surface area contributed by atoms with Crippen LogP contribution in [0.4, 0.5) is 4.39 Å². The van der Waals surface area contributed by atoms with Crippen molar-refractivity contribution in [3.8, 4) is 16.9 Å². The van der Waals surface area contributed by atoms with Crippen LogP contribution in [0.15, 0.2) is 54.0 Å². The Bertz CT molecular complexity index is 1560. The van der Waals surface area contributed by atoms with Gasteiger partial charge in [-0.15, -0.1) is 22.6 Å². The van der Waals surface area contributed by atoms with Crippen molar-refractivity contribution in [3.05, 3.63) is 71.2 Å². The maximum absolute atomic E-state index is 14.8. The molecular weight excluding hydrogens is 477 g/mol. The Balaban J connectivity index is 0.00000289. The van der Waals surface area contributed by atoms with Gasteiger partial charge in [0.05, 0.1) is 35.9 Å². The first-order valence-corrected chi connectivity index (χ1v) is 10.6. The minimum Gasteiger partial charge on any atom is -0.490 e. The van der Waals surface area contributed by atoms with E-state index >= 15 is 0 Å². The number of pyridine rings is 3. The molecular formula is C23H23ClFN7O3. The first-order chi connectivity index (χ1) is 16.5. The predicted octanol–water partition coefficient (Wildman–Crippen LogP) is 3.04. The molecule has 0 radical (unpaired) electrons. The topological polar surface area (TPSA) is 101 Å². The van der Waals surface area contributed by atoms with Gasteiger partial charge in [0.15, 0.2) is 17.3 Å². The molecule has 1 unspecified atom stereocenters. The van der Waals surface area contributed by atoms with Gasteiger partial charge in [-0.2, -0.15) is 5.10 Å². The van der Waals surface area contributed by atoms with Gasteiger partial charge in [-0.25, -0.2) is 4.39 Å². The molecule has 5 aromatic heterocycles. The average molecular weight is 500 g/mol. The molecule has 0 spiro atoms. The minimum absolute atomic E-state index is 0. The van der Waals surface area contributed by atoms with E-state index in [0.29, 0.717) is 41.3 Å². The Morgan fingerprint density at radius 1 is 1.11 bits per heavy atom. The largest absolute Gasteiger partial charge is 0.490 e. The molecule has 0 saturated heterocycles. The van der Waals surface area contributed by atoms with Gasteiger partial charge in [0.2, 0.25) is 0 Å². The van der Waals surface area contributed by atoms with Crippen molar-refractivity contribution in [2.75, 3.05) is 20.3 Å². The zero-order chi connectivity index (χ0) is 23.8. The standard InChI is InChI=1S/C23H22FN7O3.ClH/c1-14(30-5-4-20-18(23(30)32)9-17(11-25-20)34-7-6-33-3)21-27-28-22-19(24)8-15(13-31(21)22)16-10-26-29(2)12-16;/h4-5,8-14H,6-7H2,1-3H3;1H. The van der Waals surface area contributed by atoms with E-state index in [0.717, 1.165) is 5.56 Å². The third-order valence-electron chi connectivity index (χ3n) is 5.62. The highest BCUT2D eigenvalue weighted by Gasteiger charge is 2.20. The Kier molecular flexibility index (Phi) is 6.81. The Morgan fingerprint density at radius 2 is 1.94 bits per heavy atom. The maximum Gasteiger partial charge on any atom is 0.260 e. The summed E-state index contributed by atoms with van der Waals surface area (Å²) >= 11 is 0. The Morgan fingerprint density at radius 3 is 2.69 bits per heavy atom. The first kappa shape index (κ1) is 24.3. The van der Waals surface area contributed by atoms with E-state index < -0.39 is 11.9 Å². The van der Waals surface area contributed by atoms with Crippen molar-refractivity contribution in [2.24, 2.45) is 7.05 Å². The molecule has 5 aromatic rings. The van der Waals surface area contributed by atoms with Crippen molar-refractivity contribution in [3.63, 3.8) is 0 Å². The van der Waals surface area contributed by atoms with E-state index in [2.05, 4.69) is 20.3 Å².